The van der Waals surface area contributed by atoms with Gasteiger partial charge in [-0.25, -0.2) is 4.98 Å². The Morgan fingerprint density at radius 3 is 2.85 bits per heavy atom. The first kappa shape index (κ1) is 13.4. The fraction of sp³-hybridized carbons (Fsp3) is 0.562. The number of nitrogens with two attached hydrogens (primary N) is 1. The van der Waals surface area contributed by atoms with Gasteiger partial charge in [-0.1, -0.05) is 26.2 Å². The third-order valence-corrected chi connectivity index (χ3v) is 4.29. The van der Waals surface area contributed by atoms with E-state index in [-0.39, 0.29) is 0 Å². The van der Waals surface area contributed by atoms with E-state index in [1.165, 1.54) is 32.1 Å². The summed E-state index contributed by atoms with van der Waals surface area (Å²) in [5, 5.41) is 0. The summed E-state index contributed by atoms with van der Waals surface area (Å²) in [5.74, 6) is 0.804. The summed E-state index contributed by atoms with van der Waals surface area (Å²) in [6, 6.07) is 6.32. The van der Waals surface area contributed by atoms with Crippen LogP contribution in [0.3, 0.4) is 0 Å². The first-order valence-corrected chi connectivity index (χ1v) is 7.65. The summed E-state index contributed by atoms with van der Waals surface area (Å²) in [4.78, 5) is 7.06. The highest BCUT2D eigenvalue weighted by Crippen LogP contribution is 2.25. The van der Waals surface area contributed by atoms with Crippen molar-refractivity contribution in [3.63, 3.8) is 0 Å². The molecule has 0 radical (unpaired) electrons. The SMILES string of the molecule is CCN(Cc1nc2cc(N)ccc2o1)C1CCCCC1. The van der Waals surface area contributed by atoms with E-state index in [4.69, 9.17) is 10.2 Å². The van der Waals surface area contributed by atoms with Gasteiger partial charge < -0.3 is 10.2 Å². The van der Waals surface area contributed by atoms with Crippen LogP contribution in [-0.2, 0) is 6.54 Å². The lowest BCUT2D eigenvalue weighted by atomic mass is 9.94. The van der Waals surface area contributed by atoms with Crippen molar-refractivity contribution in [1.29, 1.82) is 0 Å². The average Bonchev–Trinajstić information content (AvgIpc) is 2.87. The first-order chi connectivity index (χ1) is 9.76. The molecule has 20 heavy (non-hydrogen) atoms. The maximum Gasteiger partial charge on any atom is 0.209 e. The molecule has 2 aromatic rings. The summed E-state index contributed by atoms with van der Waals surface area (Å²) in [6.45, 7) is 4.07. The Morgan fingerprint density at radius 2 is 2.10 bits per heavy atom. The van der Waals surface area contributed by atoms with Gasteiger partial charge in [-0.05, 0) is 37.6 Å². The van der Waals surface area contributed by atoms with Crippen molar-refractivity contribution in [2.45, 2.75) is 51.6 Å². The molecule has 2 N–H and O–H groups in total. The lowest BCUT2D eigenvalue weighted by Crippen LogP contribution is -2.36. The van der Waals surface area contributed by atoms with Crippen LogP contribution in [-0.4, -0.2) is 22.5 Å². The molecule has 4 nitrogen and oxygen atoms in total. The molecule has 1 saturated carbocycles. The summed E-state index contributed by atoms with van der Waals surface area (Å²) >= 11 is 0. The van der Waals surface area contributed by atoms with Crippen LogP contribution >= 0.6 is 0 Å². The molecule has 1 aromatic carbocycles. The van der Waals surface area contributed by atoms with Gasteiger partial charge in [0, 0.05) is 11.7 Å². The fourth-order valence-electron chi connectivity index (χ4n) is 3.18. The minimum Gasteiger partial charge on any atom is -0.439 e. The largest absolute Gasteiger partial charge is 0.439 e. The van der Waals surface area contributed by atoms with Crippen LogP contribution in [0.1, 0.15) is 44.9 Å². The van der Waals surface area contributed by atoms with E-state index in [1.54, 1.807) is 0 Å². The standard InChI is InChI=1S/C16H23N3O/c1-2-19(13-6-4-3-5-7-13)11-16-18-14-10-12(17)8-9-15(14)20-16/h8-10,13H,2-7,11,17H2,1H3. The minimum atomic E-state index is 0.689. The Balaban J connectivity index is 1.76. The number of nitrogens with zero attached hydrogens (tertiary/aromatic N) is 2. The zero-order valence-electron chi connectivity index (χ0n) is 12.1. The van der Waals surface area contributed by atoms with Crippen LogP contribution in [0.5, 0.6) is 0 Å². The predicted molar refractivity (Wildman–Crippen MR) is 81.4 cm³/mol. The number of hydrogen-bond acceptors (Lipinski definition) is 4. The molecule has 3 rings (SSSR count). The highest BCUT2D eigenvalue weighted by atomic mass is 16.3. The van der Waals surface area contributed by atoms with E-state index in [0.717, 1.165) is 35.8 Å². The van der Waals surface area contributed by atoms with E-state index < -0.39 is 0 Å². The number of oxazole rings is 1. The third-order valence-electron chi connectivity index (χ3n) is 4.29. The highest BCUT2D eigenvalue weighted by Gasteiger charge is 2.21. The monoisotopic (exact) mass is 273 g/mol. The van der Waals surface area contributed by atoms with Crippen molar-refractivity contribution in [2.75, 3.05) is 12.3 Å². The van der Waals surface area contributed by atoms with Gasteiger partial charge in [0.25, 0.3) is 0 Å². The van der Waals surface area contributed by atoms with Gasteiger partial charge >= 0.3 is 0 Å². The van der Waals surface area contributed by atoms with Crippen LogP contribution in [0.25, 0.3) is 11.1 Å². The summed E-state index contributed by atoms with van der Waals surface area (Å²) in [5.41, 5.74) is 8.21. The molecule has 4 heteroatoms. The molecular formula is C16H23N3O. The van der Waals surface area contributed by atoms with Crippen LogP contribution in [0, 0.1) is 0 Å². The molecule has 0 aliphatic heterocycles. The van der Waals surface area contributed by atoms with Crippen LogP contribution in [0.2, 0.25) is 0 Å². The molecule has 1 heterocycles. The predicted octanol–water partition coefficient (Wildman–Crippen LogP) is 3.56. The van der Waals surface area contributed by atoms with Crippen molar-refractivity contribution in [1.82, 2.24) is 9.88 Å². The molecule has 0 bridgehead atoms. The molecule has 1 aliphatic carbocycles. The Morgan fingerprint density at radius 1 is 1.30 bits per heavy atom. The molecule has 0 unspecified atom stereocenters. The molecule has 1 fully saturated rings. The van der Waals surface area contributed by atoms with Crippen LogP contribution in [0.15, 0.2) is 22.6 Å². The van der Waals surface area contributed by atoms with E-state index in [0.29, 0.717) is 6.04 Å². The quantitative estimate of drug-likeness (QED) is 0.865. The van der Waals surface area contributed by atoms with E-state index in [1.807, 2.05) is 18.2 Å². The summed E-state index contributed by atoms with van der Waals surface area (Å²) < 4.78 is 5.84. The number of anilines is 1. The Hall–Kier alpha value is -1.55. The topological polar surface area (TPSA) is 55.3 Å². The van der Waals surface area contributed by atoms with Crippen molar-refractivity contribution < 1.29 is 4.42 Å². The van der Waals surface area contributed by atoms with Gasteiger partial charge in [-0.2, -0.15) is 0 Å². The minimum absolute atomic E-state index is 0.689. The van der Waals surface area contributed by atoms with Gasteiger partial charge in [-0.3, -0.25) is 4.90 Å². The second-order valence-electron chi connectivity index (χ2n) is 5.69. The van der Waals surface area contributed by atoms with Crippen LogP contribution in [0.4, 0.5) is 5.69 Å². The first-order valence-electron chi connectivity index (χ1n) is 7.65. The number of aromatic nitrogens is 1. The lowest BCUT2D eigenvalue weighted by Gasteiger charge is -2.32. The number of fused-ring (bicyclic) bond motifs is 1. The van der Waals surface area contributed by atoms with Crippen molar-refractivity contribution >= 4 is 16.8 Å². The summed E-state index contributed by atoms with van der Waals surface area (Å²) in [7, 11) is 0. The highest BCUT2D eigenvalue weighted by molar-refractivity contribution is 5.76. The van der Waals surface area contributed by atoms with E-state index >= 15 is 0 Å². The molecule has 0 saturated heterocycles. The zero-order chi connectivity index (χ0) is 13.9. The van der Waals surface area contributed by atoms with Gasteiger partial charge in [0.2, 0.25) is 5.89 Å². The number of hydrogen-bond donors (Lipinski definition) is 1. The molecule has 1 aliphatic rings. The fourth-order valence-corrected chi connectivity index (χ4v) is 3.18. The normalized spacial score (nSPS) is 17.1. The summed E-state index contributed by atoms with van der Waals surface area (Å²) in [6.07, 6.45) is 6.70. The number of benzene rings is 1. The van der Waals surface area contributed by atoms with Crippen molar-refractivity contribution in [3.05, 3.63) is 24.1 Å². The van der Waals surface area contributed by atoms with E-state index in [2.05, 4.69) is 16.8 Å². The van der Waals surface area contributed by atoms with Gasteiger partial charge in [0.05, 0.1) is 6.54 Å². The Labute approximate surface area is 120 Å². The molecule has 0 atom stereocenters. The van der Waals surface area contributed by atoms with Crippen LogP contribution < -0.4 is 5.73 Å². The number of rotatable bonds is 4. The number of nitrogen functional groups attached to an aromatic ring is 1. The lowest BCUT2D eigenvalue weighted by molar-refractivity contribution is 0.144. The third kappa shape index (κ3) is 2.80. The molecular weight excluding hydrogens is 250 g/mol. The zero-order valence-corrected chi connectivity index (χ0v) is 12.1. The van der Waals surface area contributed by atoms with Gasteiger partial charge in [0.15, 0.2) is 5.58 Å². The van der Waals surface area contributed by atoms with Gasteiger partial charge in [0.1, 0.15) is 5.52 Å². The molecule has 1 aromatic heterocycles. The smallest absolute Gasteiger partial charge is 0.209 e. The van der Waals surface area contributed by atoms with E-state index in [9.17, 15) is 0 Å². The molecule has 108 valence electrons. The average molecular weight is 273 g/mol. The van der Waals surface area contributed by atoms with Gasteiger partial charge in [-0.15, -0.1) is 0 Å². The maximum absolute atomic E-state index is 5.84. The Kier molecular flexibility index (Phi) is 3.92. The van der Waals surface area contributed by atoms with Crippen molar-refractivity contribution in [2.24, 2.45) is 0 Å². The second kappa shape index (κ2) is 5.83. The molecule has 0 amide bonds. The molecule has 0 spiro atoms. The maximum atomic E-state index is 5.84. The second-order valence-corrected chi connectivity index (χ2v) is 5.69. The Bertz CT molecular complexity index is 572. The van der Waals surface area contributed by atoms with Crippen molar-refractivity contribution in [3.8, 4) is 0 Å².